The highest BCUT2D eigenvalue weighted by Gasteiger charge is 2.24. The lowest BCUT2D eigenvalue weighted by molar-refractivity contribution is 1.08. The number of fused-ring (bicyclic) bond motifs is 2. The van der Waals surface area contributed by atoms with Crippen molar-refractivity contribution in [2.45, 2.75) is 0 Å². The first-order valence-electron chi connectivity index (χ1n) is 18.7. The first kappa shape index (κ1) is 31.1. The van der Waals surface area contributed by atoms with Crippen molar-refractivity contribution in [3.8, 4) is 5.82 Å². The second-order valence-corrected chi connectivity index (χ2v) is 14.1. The van der Waals surface area contributed by atoms with Gasteiger partial charge in [0.05, 0.1) is 22.4 Å². The fraction of sp³-hybridized carbons (Fsp3) is 0. The molecule has 0 aliphatic heterocycles. The summed E-state index contributed by atoms with van der Waals surface area (Å²) in [5, 5.41) is 9.64. The zero-order valence-corrected chi connectivity index (χ0v) is 29.9. The molecule has 0 amide bonds. The Kier molecular flexibility index (Phi) is 7.14. The van der Waals surface area contributed by atoms with Crippen molar-refractivity contribution >= 4 is 88.2 Å². The van der Waals surface area contributed by atoms with Gasteiger partial charge in [0.1, 0.15) is 5.82 Å². The predicted octanol–water partition coefficient (Wildman–Crippen LogP) is 14.0. The summed E-state index contributed by atoms with van der Waals surface area (Å²) in [5.74, 6) is 0.878. The molecule has 0 bridgehead atoms. The first-order valence-corrected chi connectivity index (χ1v) is 18.7. The minimum absolute atomic E-state index is 0.878. The number of nitrogens with zero attached hydrogens (tertiary/aromatic N) is 4. The van der Waals surface area contributed by atoms with E-state index in [0.29, 0.717) is 0 Å². The van der Waals surface area contributed by atoms with Crippen molar-refractivity contribution in [3.63, 3.8) is 0 Å². The molecule has 0 aliphatic rings. The van der Waals surface area contributed by atoms with Crippen LogP contribution in [-0.4, -0.2) is 9.55 Å². The van der Waals surface area contributed by atoms with E-state index in [0.717, 1.165) is 51.0 Å². The van der Waals surface area contributed by atoms with Crippen LogP contribution >= 0.6 is 0 Å². The third-order valence-corrected chi connectivity index (χ3v) is 10.9. The fourth-order valence-electron chi connectivity index (χ4n) is 8.54. The molecule has 4 heteroatoms. The summed E-state index contributed by atoms with van der Waals surface area (Å²) in [5.41, 5.74) is 8.85. The molecule has 0 saturated carbocycles. The number of rotatable bonds is 7. The maximum Gasteiger partial charge on any atom is 0.137 e. The summed E-state index contributed by atoms with van der Waals surface area (Å²) >= 11 is 0. The molecule has 258 valence electrons. The first-order chi connectivity index (χ1) is 27.3. The van der Waals surface area contributed by atoms with Crippen LogP contribution < -0.4 is 9.80 Å². The molecule has 11 rings (SSSR count). The van der Waals surface area contributed by atoms with Crippen LogP contribution in [0.5, 0.6) is 0 Å². The minimum atomic E-state index is 0.878. The minimum Gasteiger partial charge on any atom is -0.310 e. The zero-order chi connectivity index (χ0) is 36.3. The molecule has 0 N–H and O–H groups in total. The van der Waals surface area contributed by atoms with Crippen molar-refractivity contribution in [2.75, 3.05) is 9.80 Å². The number of hydrogen-bond acceptors (Lipinski definition) is 3. The molecular formula is C51H34N4. The van der Waals surface area contributed by atoms with Crippen LogP contribution in [0.15, 0.2) is 206 Å². The number of anilines is 6. The van der Waals surface area contributed by atoms with Crippen LogP contribution in [0.25, 0.3) is 59.9 Å². The van der Waals surface area contributed by atoms with Crippen LogP contribution in [0.3, 0.4) is 0 Å². The van der Waals surface area contributed by atoms with E-state index in [1.54, 1.807) is 0 Å². The van der Waals surface area contributed by atoms with Gasteiger partial charge in [0.25, 0.3) is 0 Å². The highest BCUT2D eigenvalue weighted by atomic mass is 15.2. The molecule has 0 atom stereocenters. The Balaban J connectivity index is 1.22. The van der Waals surface area contributed by atoms with Gasteiger partial charge in [-0.1, -0.05) is 127 Å². The van der Waals surface area contributed by atoms with Gasteiger partial charge < -0.3 is 9.80 Å². The number of para-hydroxylation sites is 2. The molecule has 0 fully saturated rings. The average molecular weight is 703 g/mol. The summed E-state index contributed by atoms with van der Waals surface area (Å²) in [6.45, 7) is 0. The van der Waals surface area contributed by atoms with Crippen LogP contribution in [0.1, 0.15) is 0 Å². The van der Waals surface area contributed by atoms with Gasteiger partial charge in [0.15, 0.2) is 0 Å². The van der Waals surface area contributed by atoms with Crippen molar-refractivity contribution in [1.29, 1.82) is 0 Å². The van der Waals surface area contributed by atoms with Gasteiger partial charge in [-0.15, -0.1) is 0 Å². The maximum absolute atomic E-state index is 4.98. The standard InChI is InChI=1S/C51H34N4/c1-3-19-39(20-4-1)53(45-25-13-17-35-15-7-9-23-43(35)45)41-31-37-28-29-38-32-42(34-48-51(38)50(37)47(33-41)55(48)49-27-11-12-30-52-49)54(40-21-5-2-6-22-40)46-26-14-18-36-16-8-10-24-44(36)46/h1-34H. The predicted molar refractivity (Wildman–Crippen MR) is 232 cm³/mol. The topological polar surface area (TPSA) is 24.3 Å². The lowest BCUT2D eigenvalue weighted by Gasteiger charge is -2.27. The van der Waals surface area contributed by atoms with Crippen LogP contribution in [-0.2, 0) is 0 Å². The lowest BCUT2D eigenvalue weighted by atomic mass is 9.99. The molecular weight excluding hydrogens is 669 g/mol. The summed E-state index contributed by atoms with van der Waals surface area (Å²) in [7, 11) is 0. The van der Waals surface area contributed by atoms with Crippen molar-refractivity contribution in [2.24, 2.45) is 0 Å². The molecule has 0 radical (unpaired) electrons. The normalized spacial score (nSPS) is 11.6. The van der Waals surface area contributed by atoms with Gasteiger partial charge in [0.2, 0.25) is 0 Å². The second-order valence-electron chi connectivity index (χ2n) is 14.1. The van der Waals surface area contributed by atoms with Gasteiger partial charge >= 0.3 is 0 Å². The third kappa shape index (κ3) is 5.03. The molecule has 55 heavy (non-hydrogen) atoms. The number of benzene rings is 9. The quantitative estimate of drug-likeness (QED) is 0.155. The highest BCUT2D eigenvalue weighted by Crippen LogP contribution is 2.48. The van der Waals surface area contributed by atoms with E-state index in [1.807, 2.05) is 12.3 Å². The van der Waals surface area contributed by atoms with Crippen molar-refractivity contribution in [3.05, 3.63) is 206 Å². The van der Waals surface area contributed by atoms with Crippen molar-refractivity contribution < 1.29 is 0 Å². The smallest absolute Gasteiger partial charge is 0.137 e. The SMILES string of the molecule is c1ccc(N(c2cc3ccc4cc(N(c5ccccc5)c5cccc6ccccc56)cc5c4c3c(c2)n5-c2ccccn2)c2cccc3ccccc23)cc1. The maximum atomic E-state index is 4.98. The molecule has 0 unspecified atom stereocenters. The molecule has 11 aromatic rings. The molecule has 9 aromatic carbocycles. The molecule has 2 heterocycles. The van der Waals surface area contributed by atoms with Gasteiger partial charge in [-0.3, -0.25) is 4.57 Å². The van der Waals surface area contributed by atoms with Gasteiger partial charge in [-0.25, -0.2) is 4.98 Å². The summed E-state index contributed by atoms with van der Waals surface area (Å²) in [4.78, 5) is 9.77. The molecule has 4 nitrogen and oxygen atoms in total. The van der Waals surface area contributed by atoms with E-state index in [4.69, 9.17) is 4.98 Å². The second kappa shape index (κ2) is 12.6. The Morgan fingerprint density at radius 3 is 1.29 bits per heavy atom. The van der Waals surface area contributed by atoms with Crippen LogP contribution in [0.4, 0.5) is 34.1 Å². The Morgan fingerprint density at radius 2 is 0.800 bits per heavy atom. The molecule has 2 aromatic heterocycles. The molecule has 0 spiro atoms. The largest absolute Gasteiger partial charge is 0.310 e. The number of aromatic nitrogens is 2. The fourth-order valence-corrected chi connectivity index (χ4v) is 8.54. The summed E-state index contributed by atoms with van der Waals surface area (Å²) in [6, 6.07) is 71.9. The van der Waals surface area contributed by atoms with E-state index in [1.165, 1.54) is 43.1 Å². The zero-order valence-electron chi connectivity index (χ0n) is 29.9. The van der Waals surface area contributed by atoms with Gasteiger partial charge in [0, 0.05) is 50.5 Å². The summed E-state index contributed by atoms with van der Waals surface area (Å²) in [6.07, 6.45) is 1.89. The van der Waals surface area contributed by atoms with Crippen molar-refractivity contribution in [1.82, 2.24) is 9.55 Å². The Labute approximate surface area is 318 Å². The lowest BCUT2D eigenvalue weighted by Crippen LogP contribution is -2.11. The summed E-state index contributed by atoms with van der Waals surface area (Å²) < 4.78 is 2.36. The van der Waals surface area contributed by atoms with E-state index in [-0.39, 0.29) is 0 Å². The monoisotopic (exact) mass is 702 g/mol. The van der Waals surface area contributed by atoms with Crippen LogP contribution in [0, 0.1) is 0 Å². The Hall–Kier alpha value is -7.43. The number of hydrogen-bond donors (Lipinski definition) is 0. The third-order valence-electron chi connectivity index (χ3n) is 10.9. The van der Waals surface area contributed by atoms with E-state index in [9.17, 15) is 0 Å². The Bertz CT molecular complexity index is 2950. The van der Waals surface area contributed by atoms with Gasteiger partial charge in [-0.2, -0.15) is 0 Å². The van der Waals surface area contributed by atoms with E-state index >= 15 is 0 Å². The molecule has 0 saturated heterocycles. The number of pyridine rings is 1. The highest BCUT2D eigenvalue weighted by molar-refractivity contribution is 6.26. The van der Waals surface area contributed by atoms with Gasteiger partial charge in [-0.05, 0) is 94.3 Å². The molecule has 0 aliphatic carbocycles. The Morgan fingerprint density at radius 1 is 0.345 bits per heavy atom. The van der Waals surface area contributed by atoms with E-state index in [2.05, 4.69) is 208 Å². The van der Waals surface area contributed by atoms with Crippen LogP contribution in [0.2, 0.25) is 0 Å². The average Bonchev–Trinajstić information content (AvgIpc) is 3.59. The van der Waals surface area contributed by atoms with E-state index < -0.39 is 0 Å².